The quantitative estimate of drug-likeness (QED) is 0.567. The van der Waals surface area contributed by atoms with Crippen LogP contribution in [0.2, 0.25) is 0 Å². The van der Waals surface area contributed by atoms with Crippen LogP contribution in [0.1, 0.15) is 40.0 Å². The van der Waals surface area contributed by atoms with E-state index in [1.807, 2.05) is 13.8 Å². The smallest absolute Gasteiger partial charge is 0.0581 e. The second-order valence-corrected chi connectivity index (χ2v) is 3.36. The van der Waals surface area contributed by atoms with Crippen molar-refractivity contribution in [3.8, 4) is 0 Å². The largest absolute Gasteiger partial charge is 0.378 e. The fourth-order valence-corrected chi connectivity index (χ4v) is 2.26. The molecule has 66 valence electrons. The molecule has 0 radical (unpaired) electrons. The third-order valence-corrected chi connectivity index (χ3v) is 2.87. The van der Waals surface area contributed by atoms with Gasteiger partial charge in [0.05, 0.1) is 12.7 Å². The average molecular weight is 156 g/mol. The number of fused-ring (bicyclic) bond motifs is 2. The molecule has 2 fully saturated rings. The lowest BCUT2D eigenvalue weighted by Gasteiger charge is -2.19. The van der Waals surface area contributed by atoms with Crippen LogP contribution in [0.5, 0.6) is 0 Å². The van der Waals surface area contributed by atoms with Gasteiger partial charge in [-0.25, -0.2) is 0 Å². The van der Waals surface area contributed by atoms with Crippen molar-refractivity contribution >= 4 is 0 Å². The van der Waals surface area contributed by atoms with Crippen molar-refractivity contribution in [2.75, 3.05) is 6.61 Å². The first kappa shape index (κ1) is 9.05. The number of rotatable bonds is 1. The third kappa shape index (κ3) is 1.76. The summed E-state index contributed by atoms with van der Waals surface area (Å²) in [5.41, 5.74) is 0. The molecule has 1 aliphatic carbocycles. The van der Waals surface area contributed by atoms with Crippen molar-refractivity contribution in [3.05, 3.63) is 0 Å². The molecular weight excluding hydrogens is 136 g/mol. The van der Waals surface area contributed by atoms with Gasteiger partial charge in [-0.15, -0.1) is 0 Å². The van der Waals surface area contributed by atoms with Crippen molar-refractivity contribution in [2.45, 2.75) is 46.1 Å². The minimum absolute atomic E-state index is 0.653. The average Bonchev–Trinajstić information content (AvgIpc) is 2.67. The Hall–Kier alpha value is -0.0400. The molecule has 1 saturated carbocycles. The van der Waals surface area contributed by atoms with Crippen LogP contribution in [0, 0.1) is 11.8 Å². The topological polar surface area (TPSA) is 9.23 Å². The maximum atomic E-state index is 5.48. The van der Waals surface area contributed by atoms with Gasteiger partial charge in [0.25, 0.3) is 0 Å². The zero-order chi connectivity index (χ0) is 8.27. The van der Waals surface area contributed by atoms with Crippen molar-refractivity contribution < 1.29 is 4.74 Å². The van der Waals surface area contributed by atoms with Crippen molar-refractivity contribution in [3.63, 3.8) is 0 Å². The van der Waals surface area contributed by atoms with E-state index in [2.05, 4.69) is 6.92 Å². The summed E-state index contributed by atoms with van der Waals surface area (Å²) in [5, 5.41) is 0. The molecule has 0 amide bonds. The van der Waals surface area contributed by atoms with Gasteiger partial charge in [0.2, 0.25) is 0 Å². The lowest BCUT2D eigenvalue weighted by molar-refractivity contribution is 0.0515. The molecule has 1 aliphatic heterocycles. The molecule has 1 saturated heterocycles. The highest BCUT2D eigenvalue weighted by atomic mass is 16.5. The first-order chi connectivity index (χ1) is 5.40. The number of hydrogen-bond acceptors (Lipinski definition) is 1. The molecule has 1 heteroatoms. The van der Waals surface area contributed by atoms with Gasteiger partial charge in [0.1, 0.15) is 0 Å². The zero-order valence-corrected chi connectivity index (χ0v) is 7.97. The molecule has 11 heavy (non-hydrogen) atoms. The summed E-state index contributed by atoms with van der Waals surface area (Å²) in [5.74, 6) is 1.93. The van der Waals surface area contributed by atoms with E-state index in [1.54, 1.807) is 0 Å². The molecule has 2 bridgehead atoms. The van der Waals surface area contributed by atoms with Gasteiger partial charge in [-0.05, 0) is 24.7 Å². The van der Waals surface area contributed by atoms with Gasteiger partial charge in [0, 0.05) is 0 Å². The lowest BCUT2D eigenvalue weighted by atomic mass is 9.94. The Morgan fingerprint density at radius 3 is 2.27 bits per heavy atom. The van der Waals surface area contributed by atoms with Crippen LogP contribution < -0.4 is 0 Å². The van der Waals surface area contributed by atoms with Crippen LogP contribution >= 0.6 is 0 Å². The molecule has 0 aromatic carbocycles. The summed E-state index contributed by atoms with van der Waals surface area (Å²) < 4.78 is 5.48. The lowest BCUT2D eigenvalue weighted by Crippen LogP contribution is -2.16. The predicted molar refractivity (Wildman–Crippen MR) is 47.6 cm³/mol. The first-order valence-electron chi connectivity index (χ1n) is 5.01. The Kier molecular flexibility index (Phi) is 3.38. The van der Waals surface area contributed by atoms with Crippen LogP contribution in [0.3, 0.4) is 0 Å². The molecule has 2 aliphatic rings. The Morgan fingerprint density at radius 2 is 2.00 bits per heavy atom. The van der Waals surface area contributed by atoms with Crippen molar-refractivity contribution in [2.24, 2.45) is 11.8 Å². The molecule has 2 rings (SSSR count). The molecule has 0 aromatic rings. The van der Waals surface area contributed by atoms with E-state index in [0.29, 0.717) is 6.10 Å². The standard InChI is InChI=1S/C8H14O.C2H6/c1-2-6-3-8-4-7(6)5-9-8;1-2/h6-8H,2-5H2,1H3;1-2H3. The zero-order valence-electron chi connectivity index (χ0n) is 7.97. The summed E-state index contributed by atoms with van der Waals surface area (Å²) in [7, 11) is 0. The first-order valence-corrected chi connectivity index (χ1v) is 5.01. The van der Waals surface area contributed by atoms with Gasteiger partial charge in [-0.2, -0.15) is 0 Å². The monoisotopic (exact) mass is 156 g/mol. The number of ether oxygens (including phenoxy) is 1. The summed E-state index contributed by atoms with van der Waals surface area (Å²) in [6.07, 6.45) is 4.73. The van der Waals surface area contributed by atoms with E-state index in [9.17, 15) is 0 Å². The minimum atomic E-state index is 0.653. The Morgan fingerprint density at radius 1 is 1.27 bits per heavy atom. The second-order valence-electron chi connectivity index (χ2n) is 3.36. The normalized spacial score (nSPS) is 40.1. The molecule has 0 aromatic heterocycles. The highest BCUT2D eigenvalue weighted by Gasteiger charge is 2.39. The van der Waals surface area contributed by atoms with E-state index in [0.717, 1.165) is 18.4 Å². The molecule has 3 atom stereocenters. The second kappa shape index (κ2) is 4.10. The van der Waals surface area contributed by atoms with Gasteiger partial charge in [-0.3, -0.25) is 0 Å². The Balaban J connectivity index is 0.000000281. The minimum Gasteiger partial charge on any atom is -0.378 e. The molecule has 1 nitrogen and oxygen atoms in total. The SMILES string of the molecule is CC.CCC1CC2CC1CO2. The summed E-state index contributed by atoms with van der Waals surface area (Å²) >= 11 is 0. The van der Waals surface area contributed by atoms with Crippen molar-refractivity contribution in [1.82, 2.24) is 0 Å². The van der Waals surface area contributed by atoms with Crippen LogP contribution in [0.25, 0.3) is 0 Å². The van der Waals surface area contributed by atoms with Gasteiger partial charge in [-0.1, -0.05) is 27.2 Å². The Labute approximate surface area is 70.1 Å². The summed E-state index contributed by atoms with van der Waals surface area (Å²) in [6, 6.07) is 0. The fraction of sp³-hybridized carbons (Fsp3) is 1.00. The van der Waals surface area contributed by atoms with Gasteiger partial charge in [0.15, 0.2) is 0 Å². The van der Waals surface area contributed by atoms with E-state index in [4.69, 9.17) is 4.74 Å². The molecule has 1 heterocycles. The van der Waals surface area contributed by atoms with Crippen LogP contribution in [0.15, 0.2) is 0 Å². The van der Waals surface area contributed by atoms with Gasteiger partial charge < -0.3 is 4.74 Å². The van der Waals surface area contributed by atoms with E-state index >= 15 is 0 Å². The fourth-order valence-electron chi connectivity index (χ4n) is 2.26. The van der Waals surface area contributed by atoms with E-state index in [-0.39, 0.29) is 0 Å². The van der Waals surface area contributed by atoms with Crippen molar-refractivity contribution in [1.29, 1.82) is 0 Å². The van der Waals surface area contributed by atoms with E-state index < -0.39 is 0 Å². The maximum absolute atomic E-state index is 5.48. The molecule has 3 unspecified atom stereocenters. The highest BCUT2D eigenvalue weighted by Crippen LogP contribution is 2.41. The number of hydrogen-bond donors (Lipinski definition) is 0. The van der Waals surface area contributed by atoms with Crippen LogP contribution in [0.4, 0.5) is 0 Å². The van der Waals surface area contributed by atoms with Crippen LogP contribution in [-0.4, -0.2) is 12.7 Å². The van der Waals surface area contributed by atoms with Gasteiger partial charge >= 0.3 is 0 Å². The highest BCUT2D eigenvalue weighted by molar-refractivity contribution is 4.88. The molecular formula is C10H20O. The predicted octanol–water partition coefficient (Wildman–Crippen LogP) is 2.85. The van der Waals surface area contributed by atoms with Crippen LogP contribution in [-0.2, 0) is 4.74 Å². The summed E-state index contributed by atoms with van der Waals surface area (Å²) in [6.45, 7) is 7.36. The third-order valence-electron chi connectivity index (χ3n) is 2.87. The van der Waals surface area contributed by atoms with E-state index in [1.165, 1.54) is 19.3 Å². The molecule has 0 N–H and O–H groups in total. The molecule has 0 spiro atoms. The maximum Gasteiger partial charge on any atom is 0.0581 e. The Bertz CT molecular complexity index is 111. The summed E-state index contributed by atoms with van der Waals surface area (Å²) in [4.78, 5) is 0.